The Hall–Kier alpha value is -2.83. The third-order valence-electron chi connectivity index (χ3n) is 4.48. The van der Waals surface area contributed by atoms with E-state index in [0.29, 0.717) is 18.5 Å². The van der Waals surface area contributed by atoms with Crippen molar-refractivity contribution in [1.82, 2.24) is 4.90 Å². The van der Waals surface area contributed by atoms with E-state index in [9.17, 15) is 22.8 Å². The molecule has 26 heavy (non-hydrogen) atoms. The predicted molar refractivity (Wildman–Crippen MR) is 87.7 cm³/mol. The first-order valence-corrected chi connectivity index (χ1v) is 8.03. The van der Waals surface area contributed by atoms with Gasteiger partial charge in [0, 0.05) is 13.1 Å². The smallest absolute Gasteiger partial charge is 0.416 e. The number of carbonyl (C=O) groups is 2. The van der Waals surface area contributed by atoms with Gasteiger partial charge in [-0.1, -0.05) is 24.3 Å². The summed E-state index contributed by atoms with van der Waals surface area (Å²) in [4.78, 5) is 25.1. The van der Waals surface area contributed by atoms with Crippen LogP contribution in [0, 0.1) is 0 Å². The topological polar surface area (TPSA) is 57.6 Å². The Kier molecular flexibility index (Phi) is 4.71. The minimum absolute atomic E-state index is 0.0601. The number of hydrogen-bond donors (Lipinski definition) is 1. The molecule has 2 aromatic rings. The summed E-state index contributed by atoms with van der Waals surface area (Å²) < 4.78 is 39.2. The summed E-state index contributed by atoms with van der Waals surface area (Å²) in [5, 5.41) is 9.08. The van der Waals surface area contributed by atoms with Crippen LogP contribution in [0.2, 0.25) is 0 Å². The van der Waals surface area contributed by atoms with Gasteiger partial charge in [-0.05, 0) is 41.3 Å². The maximum atomic E-state index is 13.1. The zero-order valence-electron chi connectivity index (χ0n) is 13.7. The monoisotopic (exact) mass is 363 g/mol. The summed E-state index contributed by atoms with van der Waals surface area (Å²) in [6, 6.07) is 9.79. The molecule has 136 valence electrons. The molecule has 1 amide bonds. The number of benzene rings is 2. The lowest BCUT2D eigenvalue weighted by Gasteiger charge is -2.29. The van der Waals surface area contributed by atoms with Gasteiger partial charge in [0.05, 0.1) is 17.5 Å². The van der Waals surface area contributed by atoms with Crippen LogP contribution < -0.4 is 0 Å². The van der Waals surface area contributed by atoms with E-state index in [2.05, 4.69) is 0 Å². The van der Waals surface area contributed by atoms with Crippen molar-refractivity contribution in [2.24, 2.45) is 0 Å². The van der Waals surface area contributed by atoms with Crippen LogP contribution in [0.15, 0.2) is 42.5 Å². The minimum Gasteiger partial charge on any atom is -0.478 e. The van der Waals surface area contributed by atoms with Gasteiger partial charge in [-0.2, -0.15) is 13.2 Å². The standard InChI is InChI=1S/C19H16F3NO3/c20-19(21,22)16-4-2-1-3-13(16)10-17(24)23-8-7-12-5-6-14(18(25)26)9-15(12)11-23/h1-6,9H,7-8,10-11H2,(H,25,26). The van der Waals surface area contributed by atoms with Gasteiger partial charge in [0.1, 0.15) is 0 Å². The van der Waals surface area contributed by atoms with Gasteiger partial charge in [0.25, 0.3) is 0 Å². The van der Waals surface area contributed by atoms with E-state index in [0.717, 1.165) is 11.6 Å². The number of hydrogen-bond acceptors (Lipinski definition) is 2. The third kappa shape index (κ3) is 3.71. The molecule has 0 radical (unpaired) electrons. The highest BCUT2D eigenvalue weighted by Gasteiger charge is 2.34. The van der Waals surface area contributed by atoms with Gasteiger partial charge in [-0.15, -0.1) is 0 Å². The van der Waals surface area contributed by atoms with E-state index in [4.69, 9.17) is 5.11 Å². The quantitative estimate of drug-likeness (QED) is 0.908. The first-order chi connectivity index (χ1) is 12.3. The molecule has 1 aliphatic rings. The molecule has 1 N–H and O–H groups in total. The number of halogens is 3. The number of rotatable bonds is 3. The van der Waals surface area contributed by atoms with Crippen molar-refractivity contribution in [2.75, 3.05) is 6.54 Å². The summed E-state index contributed by atoms with van der Waals surface area (Å²) in [5.41, 5.74) is 0.929. The molecule has 4 nitrogen and oxygen atoms in total. The molecule has 0 unspecified atom stereocenters. The number of nitrogens with zero attached hydrogens (tertiary/aromatic N) is 1. The molecule has 0 saturated carbocycles. The van der Waals surface area contributed by atoms with Crippen molar-refractivity contribution in [1.29, 1.82) is 0 Å². The second-order valence-electron chi connectivity index (χ2n) is 6.19. The summed E-state index contributed by atoms with van der Waals surface area (Å²) in [6.07, 6.45) is -4.31. The molecule has 0 aromatic heterocycles. The van der Waals surface area contributed by atoms with Crippen LogP contribution in [-0.2, 0) is 30.4 Å². The fourth-order valence-electron chi connectivity index (χ4n) is 3.13. The van der Waals surface area contributed by atoms with Crippen LogP contribution in [0.25, 0.3) is 0 Å². The van der Waals surface area contributed by atoms with Crippen LogP contribution in [0.1, 0.15) is 32.6 Å². The maximum Gasteiger partial charge on any atom is 0.416 e. The lowest BCUT2D eigenvalue weighted by atomic mass is 9.96. The number of carboxylic acid groups (broad SMARTS) is 1. The Bertz CT molecular complexity index is 861. The molecule has 0 saturated heterocycles. The Morgan fingerprint density at radius 2 is 1.81 bits per heavy atom. The Morgan fingerprint density at radius 1 is 1.08 bits per heavy atom. The second-order valence-corrected chi connectivity index (χ2v) is 6.19. The van der Waals surface area contributed by atoms with Crippen molar-refractivity contribution >= 4 is 11.9 Å². The lowest BCUT2D eigenvalue weighted by molar-refractivity contribution is -0.138. The molecule has 0 fully saturated rings. The van der Waals surface area contributed by atoms with Crippen LogP contribution >= 0.6 is 0 Å². The first-order valence-electron chi connectivity index (χ1n) is 8.03. The van der Waals surface area contributed by atoms with E-state index in [1.807, 2.05) is 0 Å². The largest absolute Gasteiger partial charge is 0.478 e. The van der Waals surface area contributed by atoms with E-state index in [1.54, 1.807) is 6.07 Å². The highest BCUT2D eigenvalue weighted by atomic mass is 19.4. The van der Waals surface area contributed by atoms with Crippen LogP contribution in [0.3, 0.4) is 0 Å². The zero-order valence-corrected chi connectivity index (χ0v) is 13.7. The molecule has 0 aliphatic carbocycles. The average Bonchev–Trinajstić information content (AvgIpc) is 2.60. The number of fused-ring (bicyclic) bond motifs is 1. The molecule has 2 aromatic carbocycles. The van der Waals surface area contributed by atoms with Gasteiger partial charge in [0.2, 0.25) is 5.91 Å². The van der Waals surface area contributed by atoms with Gasteiger partial charge >= 0.3 is 12.1 Å². The molecular formula is C19H16F3NO3. The van der Waals surface area contributed by atoms with Crippen molar-refractivity contribution in [2.45, 2.75) is 25.6 Å². The van der Waals surface area contributed by atoms with Gasteiger partial charge in [-0.3, -0.25) is 4.79 Å². The fourth-order valence-corrected chi connectivity index (χ4v) is 3.13. The number of amides is 1. The second kappa shape index (κ2) is 6.82. The average molecular weight is 363 g/mol. The highest BCUT2D eigenvalue weighted by Crippen LogP contribution is 2.32. The van der Waals surface area contributed by atoms with Gasteiger partial charge in [0.15, 0.2) is 0 Å². The summed E-state index contributed by atoms with van der Waals surface area (Å²) in [6.45, 7) is 0.593. The zero-order chi connectivity index (χ0) is 18.9. The van der Waals surface area contributed by atoms with Crippen molar-refractivity contribution in [3.8, 4) is 0 Å². The maximum absolute atomic E-state index is 13.1. The molecule has 7 heteroatoms. The highest BCUT2D eigenvalue weighted by molar-refractivity contribution is 5.88. The van der Waals surface area contributed by atoms with E-state index < -0.39 is 23.6 Å². The lowest BCUT2D eigenvalue weighted by Crippen LogP contribution is -2.37. The van der Waals surface area contributed by atoms with Crippen LogP contribution in [0.4, 0.5) is 13.2 Å². The normalized spacial score (nSPS) is 14.0. The van der Waals surface area contributed by atoms with Crippen LogP contribution in [0.5, 0.6) is 0 Å². The molecular weight excluding hydrogens is 347 g/mol. The molecule has 0 atom stereocenters. The number of aromatic carboxylic acids is 1. The summed E-state index contributed by atoms with van der Waals surface area (Å²) in [5.74, 6) is -1.47. The number of alkyl halides is 3. The molecule has 0 bridgehead atoms. The minimum atomic E-state index is -4.51. The molecule has 3 rings (SSSR count). The van der Waals surface area contributed by atoms with Gasteiger partial charge in [-0.25, -0.2) is 4.79 Å². The van der Waals surface area contributed by atoms with Gasteiger partial charge < -0.3 is 10.0 Å². The molecule has 1 aliphatic heterocycles. The van der Waals surface area contributed by atoms with Crippen molar-refractivity contribution < 1.29 is 27.9 Å². The Balaban J connectivity index is 1.79. The van der Waals surface area contributed by atoms with E-state index in [1.165, 1.54) is 35.2 Å². The Labute approximate surface area is 147 Å². The van der Waals surface area contributed by atoms with Crippen molar-refractivity contribution in [3.63, 3.8) is 0 Å². The predicted octanol–water partition coefficient (Wildman–Crippen LogP) is 3.53. The molecule has 1 heterocycles. The van der Waals surface area contributed by atoms with E-state index >= 15 is 0 Å². The first kappa shape index (κ1) is 18.0. The fraction of sp³-hybridized carbons (Fsp3) is 0.263. The summed E-state index contributed by atoms with van der Waals surface area (Å²) >= 11 is 0. The summed E-state index contributed by atoms with van der Waals surface area (Å²) in [7, 11) is 0. The molecule has 0 spiro atoms. The number of carbonyl (C=O) groups excluding carboxylic acids is 1. The number of carboxylic acids is 1. The van der Waals surface area contributed by atoms with Crippen LogP contribution in [-0.4, -0.2) is 28.4 Å². The van der Waals surface area contributed by atoms with Crippen molar-refractivity contribution in [3.05, 3.63) is 70.3 Å². The third-order valence-corrected chi connectivity index (χ3v) is 4.48. The Morgan fingerprint density at radius 3 is 2.50 bits per heavy atom. The SMILES string of the molecule is O=C(O)c1ccc2c(c1)CN(C(=O)Cc1ccccc1C(F)(F)F)CC2. The van der Waals surface area contributed by atoms with E-state index in [-0.39, 0.29) is 24.1 Å².